The van der Waals surface area contributed by atoms with Gasteiger partial charge in [0.15, 0.2) is 0 Å². The van der Waals surface area contributed by atoms with Gasteiger partial charge in [-0.15, -0.1) is 13.2 Å². The van der Waals surface area contributed by atoms with Crippen molar-refractivity contribution in [2.75, 3.05) is 13.1 Å². The Morgan fingerprint density at radius 1 is 1.29 bits per heavy atom. The van der Waals surface area contributed by atoms with Crippen molar-refractivity contribution in [3.05, 3.63) is 29.8 Å². The Balaban J connectivity index is 1.80. The van der Waals surface area contributed by atoms with Gasteiger partial charge in [0, 0.05) is 6.54 Å². The molecule has 0 unspecified atom stereocenters. The molecule has 0 aliphatic carbocycles. The van der Waals surface area contributed by atoms with Crippen molar-refractivity contribution in [3.8, 4) is 5.75 Å². The van der Waals surface area contributed by atoms with Crippen LogP contribution in [0.2, 0.25) is 0 Å². The number of carboxylic acids is 1. The number of benzene rings is 1. The van der Waals surface area contributed by atoms with Crippen molar-refractivity contribution in [1.29, 1.82) is 0 Å². The summed E-state index contributed by atoms with van der Waals surface area (Å²) in [5.41, 5.74) is 0.606. The lowest BCUT2D eigenvalue weighted by molar-refractivity contribution is -0.274. The third-order valence-electron chi connectivity index (χ3n) is 3.64. The second kappa shape index (κ2) is 7.52. The topological polar surface area (TPSA) is 78.9 Å². The van der Waals surface area contributed by atoms with Crippen LogP contribution >= 0.6 is 0 Å². The fourth-order valence-corrected chi connectivity index (χ4v) is 2.55. The Hall–Kier alpha value is -2.29. The number of alkyl halides is 3. The predicted octanol–water partition coefficient (Wildman–Crippen LogP) is 1.75. The number of aliphatic carboxylic acids is 1. The fraction of sp³-hybridized carbons (Fsp3) is 0.467. The van der Waals surface area contributed by atoms with Crippen molar-refractivity contribution >= 4 is 11.9 Å². The molecule has 132 valence electrons. The fourth-order valence-electron chi connectivity index (χ4n) is 2.55. The molecule has 1 aliphatic rings. The van der Waals surface area contributed by atoms with Crippen LogP contribution in [0.5, 0.6) is 5.75 Å². The Kier molecular flexibility index (Phi) is 5.66. The first-order chi connectivity index (χ1) is 11.2. The average molecular weight is 346 g/mol. The van der Waals surface area contributed by atoms with Gasteiger partial charge in [-0.25, -0.2) is 0 Å². The highest BCUT2D eigenvalue weighted by molar-refractivity contribution is 5.80. The monoisotopic (exact) mass is 346 g/mol. The molecule has 1 amide bonds. The molecule has 6 nitrogen and oxygen atoms in total. The number of carboxylic acid groups (broad SMARTS) is 1. The van der Waals surface area contributed by atoms with Gasteiger partial charge in [-0.2, -0.15) is 0 Å². The normalized spacial score (nSPS) is 18.4. The molecule has 1 aromatic carbocycles. The Morgan fingerprint density at radius 2 is 1.96 bits per heavy atom. The third-order valence-corrected chi connectivity index (χ3v) is 3.64. The lowest BCUT2D eigenvalue weighted by atomic mass is 10.2. The summed E-state index contributed by atoms with van der Waals surface area (Å²) in [5, 5.41) is 11.7. The highest BCUT2D eigenvalue weighted by atomic mass is 19.4. The molecule has 2 rings (SSSR count). The molecule has 24 heavy (non-hydrogen) atoms. The van der Waals surface area contributed by atoms with Crippen molar-refractivity contribution in [1.82, 2.24) is 10.2 Å². The van der Waals surface area contributed by atoms with Crippen LogP contribution in [0.1, 0.15) is 18.4 Å². The van der Waals surface area contributed by atoms with Crippen LogP contribution in [-0.2, 0) is 16.1 Å². The van der Waals surface area contributed by atoms with Gasteiger partial charge < -0.3 is 15.2 Å². The van der Waals surface area contributed by atoms with E-state index in [1.165, 1.54) is 12.1 Å². The van der Waals surface area contributed by atoms with E-state index in [1.807, 2.05) is 0 Å². The molecule has 2 N–H and O–H groups in total. The molecule has 1 aliphatic heterocycles. The van der Waals surface area contributed by atoms with E-state index < -0.39 is 18.4 Å². The highest BCUT2D eigenvalue weighted by Gasteiger charge is 2.32. The number of amides is 1. The van der Waals surface area contributed by atoms with Gasteiger partial charge in [-0.1, -0.05) is 12.1 Å². The van der Waals surface area contributed by atoms with Gasteiger partial charge in [0.2, 0.25) is 5.91 Å². The zero-order chi connectivity index (χ0) is 17.7. The molecule has 1 aromatic rings. The average Bonchev–Trinajstić information content (AvgIpc) is 2.93. The Morgan fingerprint density at radius 3 is 2.54 bits per heavy atom. The number of likely N-dealkylation sites (tertiary alicyclic amines) is 1. The number of carbonyl (C=O) groups excluding carboxylic acids is 1. The van der Waals surface area contributed by atoms with Crippen LogP contribution in [0.15, 0.2) is 24.3 Å². The lowest BCUT2D eigenvalue weighted by Gasteiger charge is -2.20. The second-order valence-electron chi connectivity index (χ2n) is 5.44. The summed E-state index contributed by atoms with van der Waals surface area (Å²) < 4.78 is 39.9. The summed E-state index contributed by atoms with van der Waals surface area (Å²) in [6.07, 6.45) is -3.50. The first-order valence-electron chi connectivity index (χ1n) is 7.33. The molecule has 1 fully saturated rings. The first-order valence-corrected chi connectivity index (χ1v) is 7.33. The number of halogens is 3. The first kappa shape index (κ1) is 18.1. The van der Waals surface area contributed by atoms with E-state index in [1.54, 1.807) is 4.90 Å². The van der Waals surface area contributed by atoms with Crippen molar-refractivity contribution in [3.63, 3.8) is 0 Å². The molecular weight excluding hydrogens is 329 g/mol. The van der Waals surface area contributed by atoms with Crippen LogP contribution < -0.4 is 10.1 Å². The number of carbonyl (C=O) groups is 2. The summed E-state index contributed by atoms with van der Waals surface area (Å²) in [7, 11) is 0. The molecule has 0 bridgehead atoms. The lowest BCUT2D eigenvalue weighted by Crippen LogP contribution is -2.42. The van der Waals surface area contributed by atoms with Gasteiger partial charge in [0.25, 0.3) is 0 Å². The number of nitrogens with zero attached hydrogens (tertiary/aromatic N) is 1. The van der Waals surface area contributed by atoms with Crippen molar-refractivity contribution in [2.24, 2.45) is 0 Å². The highest BCUT2D eigenvalue weighted by Crippen LogP contribution is 2.22. The van der Waals surface area contributed by atoms with Gasteiger partial charge >= 0.3 is 12.3 Å². The summed E-state index contributed by atoms with van der Waals surface area (Å²) in [5.74, 6) is -1.61. The zero-order valence-electron chi connectivity index (χ0n) is 12.7. The van der Waals surface area contributed by atoms with Crippen molar-refractivity contribution in [2.45, 2.75) is 31.8 Å². The molecule has 0 aromatic heterocycles. The number of hydrogen-bond acceptors (Lipinski definition) is 4. The maximum Gasteiger partial charge on any atom is 0.573 e. The second-order valence-corrected chi connectivity index (χ2v) is 5.44. The molecule has 0 saturated carbocycles. The maximum atomic E-state index is 12.1. The van der Waals surface area contributed by atoms with Crippen LogP contribution in [0.3, 0.4) is 0 Å². The van der Waals surface area contributed by atoms with E-state index in [2.05, 4.69) is 10.1 Å². The molecule has 9 heteroatoms. The largest absolute Gasteiger partial charge is 0.573 e. The summed E-state index contributed by atoms with van der Waals surface area (Å²) in [6, 6.07) is 4.51. The van der Waals surface area contributed by atoms with E-state index in [4.69, 9.17) is 5.11 Å². The summed E-state index contributed by atoms with van der Waals surface area (Å²) >= 11 is 0. The number of hydrogen-bond donors (Lipinski definition) is 2. The van der Waals surface area contributed by atoms with Crippen LogP contribution in [0.4, 0.5) is 13.2 Å². The summed E-state index contributed by atoms with van der Waals surface area (Å²) in [4.78, 5) is 24.5. The molecule has 0 radical (unpaired) electrons. The quantitative estimate of drug-likeness (QED) is 0.820. The minimum absolute atomic E-state index is 0.0216. The van der Waals surface area contributed by atoms with Crippen LogP contribution in [0, 0.1) is 0 Å². The van der Waals surface area contributed by atoms with Gasteiger partial charge in [-0.05, 0) is 37.1 Å². The maximum absolute atomic E-state index is 12.1. The smallest absolute Gasteiger partial charge is 0.480 e. The van der Waals surface area contributed by atoms with E-state index in [0.717, 1.165) is 18.6 Å². The molecule has 1 heterocycles. The summed E-state index contributed by atoms with van der Waals surface area (Å²) in [6.45, 7) is 0.664. The van der Waals surface area contributed by atoms with E-state index >= 15 is 0 Å². The van der Waals surface area contributed by atoms with Crippen LogP contribution in [-0.4, -0.2) is 47.4 Å². The van der Waals surface area contributed by atoms with Gasteiger partial charge in [0.1, 0.15) is 11.8 Å². The Labute approximate surface area is 136 Å². The SMILES string of the molecule is O=C(CN1CCC[C@H]1C(=O)O)NCc1ccc(OC(F)(F)F)cc1. The van der Waals surface area contributed by atoms with E-state index in [-0.39, 0.29) is 24.7 Å². The number of rotatable bonds is 6. The van der Waals surface area contributed by atoms with E-state index in [0.29, 0.717) is 18.5 Å². The minimum atomic E-state index is -4.74. The predicted molar refractivity (Wildman–Crippen MR) is 77.2 cm³/mol. The minimum Gasteiger partial charge on any atom is -0.480 e. The van der Waals surface area contributed by atoms with Crippen LogP contribution in [0.25, 0.3) is 0 Å². The standard InChI is InChI=1S/C15H17F3N2O4/c16-15(17,18)24-11-5-3-10(4-6-11)8-19-13(21)9-20-7-1-2-12(20)14(22)23/h3-6,12H,1-2,7-9H2,(H,19,21)(H,22,23)/t12-/m0/s1. The van der Waals surface area contributed by atoms with Crippen molar-refractivity contribution < 1.29 is 32.6 Å². The Bertz CT molecular complexity index is 589. The molecular formula is C15H17F3N2O4. The van der Waals surface area contributed by atoms with E-state index in [9.17, 15) is 22.8 Å². The van der Waals surface area contributed by atoms with Gasteiger partial charge in [0.05, 0.1) is 6.54 Å². The molecule has 0 spiro atoms. The number of ether oxygens (including phenoxy) is 1. The number of nitrogens with one attached hydrogen (secondary N) is 1. The van der Waals surface area contributed by atoms with Gasteiger partial charge in [-0.3, -0.25) is 14.5 Å². The third kappa shape index (κ3) is 5.41. The zero-order valence-corrected chi connectivity index (χ0v) is 12.7. The molecule has 1 atom stereocenters. The molecule has 1 saturated heterocycles.